The van der Waals surface area contributed by atoms with Crippen LogP contribution in [0.3, 0.4) is 0 Å². The summed E-state index contributed by atoms with van der Waals surface area (Å²) in [6.07, 6.45) is -1.33. The molecule has 0 aromatic heterocycles. The van der Waals surface area contributed by atoms with E-state index in [0.29, 0.717) is 23.3 Å². The van der Waals surface area contributed by atoms with E-state index < -0.39 is 24.1 Å². The van der Waals surface area contributed by atoms with Gasteiger partial charge in [-0.2, -0.15) is 12.6 Å². The van der Waals surface area contributed by atoms with E-state index in [4.69, 9.17) is 19.3 Å². The molecule has 9 heteroatoms. The van der Waals surface area contributed by atoms with Crippen LogP contribution in [0, 0.1) is 5.92 Å². The maximum atomic E-state index is 12.5. The zero-order valence-corrected chi connectivity index (χ0v) is 18.6. The number of amides is 2. The second-order valence-electron chi connectivity index (χ2n) is 6.90. The molecule has 2 amide bonds. The number of aliphatic hydroxyl groups excluding tert-OH is 1. The fraction of sp³-hybridized carbons (Fsp3) is 0.348. The van der Waals surface area contributed by atoms with Gasteiger partial charge in [-0.15, -0.1) is 0 Å². The van der Waals surface area contributed by atoms with Crippen molar-refractivity contribution in [3.63, 3.8) is 0 Å². The molecule has 0 unspecified atom stereocenters. The number of nitrogens with one attached hydrogen (secondary N) is 1. The second-order valence-corrected chi connectivity index (χ2v) is 7.22. The monoisotopic (exact) mass is 461 g/mol. The Bertz CT molecular complexity index is 891. The highest BCUT2D eigenvalue weighted by Gasteiger charge is 2.27. The van der Waals surface area contributed by atoms with Gasteiger partial charge in [0.15, 0.2) is 0 Å². The van der Waals surface area contributed by atoms with Crippen LogP contribution in [0.2, 0.25) is 0 Å². The highest BCUT2D eigenvalue weighted by atomic mass is 32.1. The number of benzene rings is 2. The van der Waals surface area contributed by atoms with Crippen molar-refractivity contribution in [2.24, 2.45) is 5.92 Å². The molecular formula is C23H27NO7S. The summed E-state index contributed by atoms with van der Waals surface area (Å²) in [5.74, 6) is -0.923. The minimum absolute atomic E-state index is 0.0316. The van der Waals surface area contributed by atoms with Crippen molar-refractivity contribution in [3.8, 4) is 5.75 Å². The van der Waals surface area contributed by atoms with Gasteiger partial charge in [0.25, 0.3) is 5.91 Å². The number of hydrogen-bond acceptors (Lipinski definition) is 8. The van der Waals surface area contributed by atoms with E-state index in [-0.39, 0.29) is 31.5 Å². The first-order valence-corrected chi connectivity index (χ1v) is 10.8. The van der Waals surface area contributed by atoms with Gasteiger partial charge in [-0.05, 0) is 24.6 Å². The number of hydrogen-bond donors (Lipinski definition) is 3. The average molecular weight is 462 g/mol. The zero-order chi connectivity index (χ0) is 23.3. The predicted molar refractivity (Wildman–Crippen MR) is 121 cm³/mol. The molecule has 0 aliphatic heterocycles. The number of imide groups is 1. The van der Waals surface area contributed by atoms with Gasteiger partial charge in [0.05, 0.1) is 19.0 Å². The molecule has 0 saturated heterocycles. The lowest BCUT2D eigenvalue weighted by Crippen LogP contribution is -2.33. The minimum atomic E-state index is -0.917. The lowest BCUT2D eigenvalue weighted by molar-refractivity contribution is -0.141. The van der Waals surface area contributed by atoms with E-state index in [2.05, 4.69) is 17.9 Å². The standard InChI is InChI=1S/C23H27NO7S/c1-16(11-13-30-20(26)15-32)21(18-9-5-6-10-19(18)29-14-12-25)31-23(28)24-22(27)17-7-3-2-4-8-17/h2-10,16,21,25,32H,11-15H2,1H3,(H,24,27,28)/t16-,21-/m1/s1. The van der Waals surface area contributed by atoms with Crippen molar-refractivity contribution in [1.29, 1.82) is 0 Å². The Morgan fingerprint density at radius 1 is 1.03 bits per heavy atom. The van der Waals surface area contributed by atoms with E-state index in [0.717, 1.165) is 0 Å². The van der Waals surface area contributed by atoms with Crippen LogP contribution in [0.15, 0.2) is 54.6 Å². The topological polar surface area (TPSA) is 111 Å². The molecule has 0 fully saturated rings. The Kier molecular flexibility index (Phi) is 10.6. The first-order chi connectivity index (χ1) is 15.5. The highest BCUT2D eigenvalue weighted by molar-refractivity contribution is 7.81. The molecule has 172 valence electrons. The Hall–Kier alpha value is -3.04. The van der Waals surface area contributed by atoms with Gasteiger partial charge in [0.1, 0.15) is 18.5 Å². The number of ether oxygens (including phenoxy) is 3. The molecule has 2 atom stereocenters. The SMILES string of the molecule is C[C@H](CCOC(=O)CS)[C@@H](OC(=O)NC(=O)c1ccccc1)c1ccccc1OCCO. The van der Waals surface area contributed by atoms with E-state index in [9.17, 15) is 14.4 Å². The molecule has 8 nitrogen and oxygen atoms in total. The molecule has 0 heterocycles. The van der Waals surface area contributed by atoms with E-state index in [1.54, 1.807) is 54.6 Å². The van der Waals surface area contributed by atoms with Crippen molar-refractivity contribution in [3.05, 3.63) is 65.7 Å². The number of carbonyl (C=O) groups excluding carboxylic acids is 3. The van der Waals surface area contributed by atoms with Gasteiger partial charge in [-0.1, -0.05) is 43.3 Å². The van der Waals surface area contributed by atoms with Crippen molar-refractivity contribution < 1.29 is 33.7 Å². The Balaban J connectivity index is 2.17. The summed E-state index contributed by atoms with van der Waals surface area (Å²) in [5.41, 5.74) is 0.885. The summed E-state index contributed by atoms with van der Waals surface area (Å²) in [7, 11) is 0. The Morgan fingerprint density at radius 2 is 1.72 bits per heavy atom. The van der Waals surface area contributed by atoms with Crippen molar-refractivity contribution >= 4 is 30.6 Å². The van der Waals surface area contributed by atoms with Crippen molar-refractivity contribution in [2.75, 3.05) is 25.6 Å². The molecule has 2 aromatic rings. The van der Waals surface area contributed by atoms with E-state index in [1.165, 1.54) is 0 Å². The lowest BCUT2D eigenvalue weighted by Gasteiger charge is -2.26. The van der Waals surface area contributed by atoms with Gasteiger partial charge >= 0.3 is 12.1 Å². The maximum Gasteiger partial charge on any atom is 0.414 e. The minimum Gasteiger partial charge on any atom is -0.491 e. The van der Waals surface area contributed by atoms with Crippen LogP contribution in [-0.4, -0.2) is 48.6 Å². The molecule has 0 aliphatic carbocycles. The first-order valence-electron chi connectivity index (χ1n) is 10.1. The normalized spacial score (nSPS) is 12.3. The summed E-state index contributed by atoms with van der Waals surface area (Å²) in [4.78, 5) is 36.2. The average Bonchev–Trinajstić information content (AvgIpc) is 2.81. The van der Waals surface area contributed by atoms with Crippen LogP contribution in [0.1, 0.15) is 35.4 Å². The summed E-state index contributed by atoms with van der Waals surface area (Å²) in [5, 5.41) is 11.3. The van der Waals surface area contributed by atoms with Crippen LogP contribution in [0.5, 0.6) is 5.75 Å². The molecule has 0 aliphatic rings. The molecule has 0 saturated carbocycles. The second kappa shape index (κ2) is 13.4. The molecule has 2 rings (SSSR count). The smallest absolute Gasteiger partial charge is 0.414 e. The lowest BCUT2D eigenvalue weighted by atomic mass is 9.94. The number of thiol groups is 1. The van der Waals surface area contributed by atoms with Crippen LogP contribution >= 0.6 is 12.6 Å². The molecule has 0 radical (unpaired) electrons. The van der Waals surface area contributed by atoms with Gasteiger partial charge in [-0.25, -0.2) is 4.79 Å². The van der Waals surface area contributed by atoms with Gasteiger partial charge in [0, 0.05) is 17.0 Å². The third kappa shape index (κ3) is 7.90. The number of para-hydroxylation sites is 1. The number of rotatable bonds is 11. The van der Waals surface area contributed by atoms with Gasteiger partial charge < -0.3 is 19.3 Å². The van der Waals surface area contributed by atoms with Crippen LogP contribution in [0.4, 0.5) is 4.79 Å². The highest BCUT2D eigenvalue weighted by Crippen LogP contribution is 2.34. The summed E-state index contributed by atoms with van der Waals surface area (Å²) >= 11 is 3.87. The van der Waals surface area contributed by atoms with Crippen LogP contribution in [0.25, 0.3) is 0 Å². The molecule has 2 N–H and O–H groups in total. The third-order valence-electron chi connectivity index (χ3n) is 4.54. The van der Waals surface area contributed by atoms with Gasteiger partial charge in [0.2, 0.25) is 0 Å². The number of aliphatic hydroxyl groups is 1. The molecular weight excluding hydrogens is 434 g/mol. The number of alkyl carbamates (subject to hydrolysis) is 1. The predicted octanol–water partition coefficient (Wildman–Crippen LogP) is 3.16. The van der Waals surface area contributed by atoms with Crippen LogP contribution < -0.4 is 10.1 Å². The maximum absolute atomic E-state index is 12.5. The van der Waals surface area contributed by atoms with Crippen molar-refractivity contribution in [2.45, 2.75) is 19.4 Å². The summed E-state index contributed by atoms with van der Waals surface area (Å²) in [6, 6.07) is 15.2. The first kappa shape index (κ1) is 25.2. The largest absolute Gasteiger partial charge is 0.491 e. The van der Waals surface area contributed by atoms with Gasteiger partial charge in [-0.3, -0.25) is 14.9 Å². The molecule has 32 heavy (non-hydrogen) atoms. The quantitative estimate of drug-likeness (QED) is 0.348. The third-order valence-corrected chi connectivity index (χ3v) is 4.80. The molecule has 0 bridgehead atoms. The van der Waals surface area contributed by atoms with E-state index >= 15 is 0 Å². The zero-order valence-electron chi connectivity index (χ0n) is 17.7. The van der Waals surface area contributed by atoms with Crippen LogP contribution in [-0.2, 0) is 14.3 Å². The summed E-state index contributed by atoms with van der Waals surface area (Å²) < 4.78 is 16.3. The fourth-order valence-corrected chi connectivity index (χ4v) is 3.03. The molecule has 0 spiro atoms. The molecule has 2 aromatic carbocycles. The number of carbonyl (C=O) groups is 3. The van der Waals surface area contributed by atoms with E-state index in [1.807, 2.05) is 6.92 Å². The number of esters is 1. The van der Waals surface area contributed by atoms with Crippen molar-refractivity contribution in [1.82, 2.24) is 5.32 Å². The fourth-order valence-electron chi connectivity index (χ4n) is 2.94. The Labute approximate surface area is 192 Å². The summed E-state index contributed by atoms with van der Waals surface area (Å²) in [6.45, 7) is 1.83. The Morgan fingerprint density at radius 3 is 2.41 bits per heavy atom.